The third-order valence-corrected chi connectivity index (χ3v) is 4.21. The van der Waals surface area contributed by atoms with E-state index < -0.39 is 0 Å². The summed E-state index contributed by atoms with van der Waals surface area (Å²) in [5.74, 6) is -0.208. The number of rotatable bonds is 1. The predicted molar refractivity (Wildman–Crippen MR) is 74.6 cm³/mol. The molecule has 0 amide bonds. The van der Waals surface area contributed by atoms with Gasteiger partial charge in [-0.1, -0.05) is 30.3 Å². The van der Waals surface area contributed by atoms with Gasteiger partial charge in [0.15, 0.2) is 6.10 Å². The standard InChI is InChI=1S/C17H15NO2/c19-17-14-13-9-5-4-8-12(13)10-18-15(14)16(20-17)11-6-2-1-3-7-11/h1-3,6-7,10,16H,4-5,8-9H2. The van der Waals surface area contributed by atoms with E-state index in [4.69, 9.17) is 4.74 Å². The summed E-state index contributed by atoms with van der Waals surface area (Å²) in [6.45, 7) is 0. The topological polar surface area (TPSA) is 39.2 Å². The van der Waals surface area contributed by atoms with Crippen molar-refractivity contribution in [2.24, 2.45) is 0 Å². The zero-order valence-electron chi connectivity index (χ0n) is 11.1. The summed E-state index contributed by atoms with van der Waals surface area (Å²) in [4.78, 5) is 16.8. The molecule has 0 spiro atoms. The van der Waals surface area contributed by atoms with Crippen molar-refractivity contribution >= 4 is 5.97 Å². The molecule has 3 nitrogen and oxygen atoms in total. The largest absolute Gasteiger partial charge is 0.447 e. The van der Waals surface area contributed by atoms with Crippen LogP contribution in [-0.4, -0.2) is 11.0 Å². The van der Waals surface area contributed by atoms with Gasteiger partial charge in [0.1, 0.15) is 5.69 Å². The van der Waals surface area contributed by atoms with Crippen LogP contribution in [-0.2, 0) is 17.6 Å². The Balaban J connectivity index is 1.86. The molecule has 2 heterocycles. The van der Waals surface area contributed by atoms with E-state index in [0.29, 0.717) is 0 Å². The van der Waals surface area contributed by atoms with E-state index in [0.717, 1.165) is 36.1 Å². The SMILES string of the molecule is O=C1OC(c2ccccc2)c2ncc3c(c21)CCCC3. The van der Waals surface area contributed by atoms with Gasteiger partial charge < -0.3 is 4.74 Å². The van der Waals surface area contributed by atoms with Gasteiger partial charge in [0.2, 0.25) is 0 Å². The van der Waals surface area contributed by atoms with Crippen LogP contribution in [0.4, 0.5) is 0 Å². The second-order valence-electron chi connectivity index (χ2n) is 5.43. The zero-order chi connectivity index (χ0) is 13.5. The lowest BCUT2D eigenvalue weighted by molar-refractivity contribution is 0.0452. The second kappa shape index (κ2) is 4.44. The number of nitrogens with zero attached hydrogens (tertiary/aromatic N) is 1. The molecule has 2 aromatic rings. The molecule has 1 aliphatic carbocycles. The highest BCUT2D eigenvalue weighted by atomic mass is 16.5. The maximum absolute atomic E-state index is 12.3. The molecule has 1 aliphatic heterocycles. The van der Waals surface area contributed by atoms with E-state index in [1.165, 1.54) is 17.5 Å². The van der Waals surface area contributed by atoms with Crippen molar-refractivity contribution in [3.05, 3.63) is 64.5 Å². The van der Waals surface area contributed by atoms with E-state index in [1.807, 2.05) is 36.5 Å². The highest BCUT2D eigenvalue weighted by Gasteiger charge is 2.37. The second-order valence-corrected chi connectivity index (χ2v) is 5.43. The average molecular weight is 265 g/mol. The Bertz CT molecular complexity index is 679. The van der Waals surface area contributed by atoms with Crippen LogP contribution in [0.3, 0.4) is 0 Å². The molecule has 1 aromatic carbocycles. The fourth-order valence-electron chi connectivity index (χ4n) is 3.23. The van der Waals surface area contributed by atoms with Gasteiger partial charge in [-0.25, -0.2) is 4.79 Å². The number of aryl methyl sites for hydroxylation is 1. The zero-order valence-corrected chi connectivity index (χ0v) is 11.1. The number of cyclic esters (lactones) is 1. The van der Waals surface area contributed by atoms with Crippen molar-refractivity contribution in [1.82, 2.24) is 4.98 Å². The van der Waals surface area contributed by atoms with Gasteiger partial charge in [0, 0.05) is 6.20 Å². The number of fused-ring (bicyclic) bond motifs is 3. The highest BCUT2D eigenvalue weighted by Crippen LogP contribution is 2.38. The number of esters is 1. The highest BCUT2D eigenvalue weighted by molar-refractivity contribution is 5.96. The minimum Gasteiger partial charge on any atom is -0.447 e. The van der Waals surface area contributed by atoms with Gasteiger partial charge in [-0.05, 0) is 42.4 Å². The molecule has 0 bridgehead atoms. The first kappa shape index (κ1) is 11.6. The van der Waals surface area contributed by atoms with Crippen LogP contribution in [0.25, 0.3) is 0 Å². The van der Waals surface area contributed by atoms with Crippen LogP contribution >= 0.6 is 0 Å². The molecule has 0 radical (unpaired) electrons. The van der Waals surface area contributed by atoms with Crippen LogP contribution < -0.4 is 0 Å². The van der Waals surface area contributed by atoms with Crippen LogP contribution in [0.5, 0.6) is 0 Å². The molecule has 1 aromatic heterocycles. The summed E-state index contributed by atoms with van der Waals surface area (Å²) in [6.07, 6.45) is 5.92. The van der Waals surface area contributed by atoms with Crippen molar-refractivity contribution in [2.75, 3.05) is 0 Å². The molecule has 0 saturated heterocycles. The van der Waals surface area contributed by atoms with E-state index in [-0.39, 0.29) is 12.1 Å². The predicted octanol–water partition coefficient (Wildman–Crippen LogP) is 3.22. The number of ether oxygens (including phenoxy) is 1. The van der Waals surface area contributed by atoms with Crippen molar-refractivity contribution < 1.29 is 9.53 Å². The summed E-state index contributed by atoms with van der Waals surface area (Å²) >= 11 is 0. The summed E-state index contributed by atoms with van der Waals surface area (Å²) in [7, 11) is 0. The molecule has 0 fully saturated rings. The molecule has 2 aliphatic rings. The normalized spacial score (nSPS) is 20.2. The Labute approximate surface area is 117 Å². The lowest BCUT2D eigenvalue weighted by atomic mass is 9.88. The number of carbonyl (C=O) groups is 1. The smallest absolute Gasteiger partial charge is 0.341 e. The number of benzene rings is 1. The van der Waals surface area contributed by atoms with Crippen LogP contribution in [0.2, 0.25) is 0 Å². The number of hydrogen-bond acceptors (Lipinski definition) is 3. The maximum Gasteiger partial charge on any atom is 0.341 e. The van der Waals surface area contributed by atoms with Crippen molar-refractivity contribution in [3.8, 4) is 0 Å². The van der Waals surface area contributed by atoms with E-state index in [1.54, 1.807) is 0 Å². The summed E-state index contributed by atoms with van der Waals surface area (Å²) in [5, 5.41) is 0. The molecule has 1 atom stereocenters. The van der Waals surface area contributed by atoms with Crippen LogP contribution in [0.15, 0.2) is 36.5 Å². The lowest BCUT2D eigenvalue weighted by Crippen LogP contribution is -2.10. The molecule has 3 heteroatoms. The molecule has 4 rings (SSSR count). The molecule has 20 heavy (non-hydrogen) atoms. The fourth-order valence-corrected chi connectivity index (χ4v) is 3.23. The monoisotopic (exact) mass is 265 g/mol. The first-order valence-electron chi connectivity index (χ1n) is 7.11. The minimum atomic E-state index is -0.342. The quantitative estimate of drug-likeness (QED) is 0.743. The third kappa shape index (κ3) is 1.66. The Morgan fingerprint density at radius 2 is 1.90 bits per heavy atom. The number of aromatic nitrogens is 1. The van der Waals surface area contributed by atoms with Crippen LogP contribution in [0, 0.1) is 0 Å². The Morgan fingerprint density at radius 1 is 1.10 bits per heavy atom. The molecular formula is C17H15NO2. The average Bonchev–Trinajstić information content (AvgIpc) is 2.86. The number of pyridine rings is 1. The molecule has 100 valence electrons. The van der Waals surface area contributed by atoms with Gasteiger partial charge in [-0.2, -0.15) is 0 Å². The summed E-state index contributed by atoms with van der Waals surface area (Å²) < 4.78 is 5.58. The molecule has 1 unspecified atom stereocenters. The Hall–Kier alpha value is -2.16. The van der Waals surface area contributed by atoms with E-state index in [9.17, 15) is 4.79 Å². The third-order valence-electron chi connectivity index (χ3n) is 4.21. The van der Waals surface area contributed by atoms with Crippen molar-refractivity contribution in [3.63, 3.8) is 0 Å². The lowest BCUT2D eigenvalue weighted by Gasteiger charge is -2.17. The first-order chi connectivity index (χ1) is 9.84. The van der Waals surface area contributed by atoms with Gasteiger partial charge in [-0.3, -0.25) is 4.98 Å². The van der Waals surface area contributed by atoms with Crippen molar-refractivity contribution in [1.29, 1.82) is 0 Å². The Kier molecular flexibility index (Phi) is 2.59. The van der Waals surface area contributed by atoms with E-state index >= 15 is 0 Å². The van der Waals surface area contributed by atoms with Gasteiger partial charge in [0.25, 0.3) is 0 Å². The van der Waals surface area contributed by atoms with E-state index in [2.05, 4.69) is 4.98 Å². The number of hydrogen-bond donors (Lipinski definition) is 0. The maximum atomic E-state index is 12.3. The molecular weight excluding hydrogens is 250 g/mol. The van der Waals surface area contributed by atoms with Crippen LogP contribution in [0.1, 0.15) is 51.7 Å². The van der Waals surface area contributed by atoms with Gasteiger partial charge in [-0.15, -0.1) is 0 Å². The van der Waals surface area contributed by atoms with Gasteiger partial charge in [0.05, 0.1) is 5.56 Å². The molecule has 0 saturated carbocycles. The minimum absolute atomic E-state index is 0.208. The van der Waals surface area contributed by atoms with Gasteiger partial charge >= 0.3 is 5.97 Å². The molecule has 0 N–H and O–H groups in total. The first-order valence-corrected chi connectivity index (χ1v) is 7.11. The fraction of sp³-hybridized carbons (Fsp3) is 0.294. The van der Waals surface area contributed by atoms with Crippen molar-refractivity contribution in [2.45, 2.75) is 31.8 Å². The summed E-state index contributed by atoms with van der Waals surface area (Å²) in [6, 6.07) is 9.84. The Morgan fingerprint density at radius 3 is 2.75 bits per heavy atom. The summed E-state index contributed by atoms with van der Waals surface area (Å²) in [5.41, 5.74) is 4.91. The number of carbonyl (C=O) groups excluding carboxylic acids is 1.